The van der Waals surface area contributed by atoms with Gasteiger partial charge in [-0.3, -0.25) is 0 Å². The van der Waals surface area contributed by atoms with Crippen LogP contribution in [0.15, 0.2) is 18.3 Å². The Bertz CT molecular complexity index is 112. The lowest BCUT2D eigenvalue weighted by Crippen LogP contribution is -1.59. The number of aromatic amines is 1. The van der Waals surface area contributed by atoms with Crippen LogP contribution in [0.2, 0.25) is 0 Å². The Balaban J connectivity index is 0.000000360. The van der Waals surface area contributed by atoms with Crippen molar-refractivity contribution in [2.24, 2.45) is 0 Å². The maximum atomic E-state index is 3.00. The van der Waals surface area contributed by atoms with E-state index in [4.69, 9.17) is 0 Å². The van der Waals surface area contributed by atoms with Crippen LogP contribution in [0.5, 0.6) is 0 Å². The third kappa shape index (κ3) is 1.59. The monoisotopic (exact) mass is 113 g/mol. The molecule has 1 heterocycles. The molecule has 2 heteroatoms. The fourth-order valence-corrected chi connectivity index (χ4v) is 0.420. The van der Waals surface area contributed by atoms with Crippen LogP contribution < -0.4 is 0 Å². The minimum absolute atomic E-state index is 0. The first-order valence-corrected chi connectivity index (χ1v) is 1.99. The van der Waals surface area contributed by atoms with Crippen molar-refractivity contribution in [3.8, 4) is 0 Å². The van der Waals surface area contributed by atoms with E-state index in [1.54, 1.807) is 0 Å². The molecule has 0 aliphatic carbocycles. The zero-order valence-electron chi connectivity index (χ0n) is 3.73. The Hall–Kier alpha value is -0.503. The van der Waals surface area contributed by atoms with Gasteiger partial charge in [0, 0.05) is 11.9 Å². The van der Waals surface area contributed by atoms with Crippen LogP contribution in [0.4, 0.5) is 0 Å². The SMILES string of the molecule is Cc1ccc[nH]1.[SiH4]. The highest BCUT2D eigenvalue weighted by molar-refractivity contribution is 5.75. The fourth-order valence-electron chi connectivity index (χ4n) is 0.420. The van der Waals surface area contributed by atoms with E-state index >= 15 is 0 Å². The van der Waals surface area contributed by atoms with Crippen LogP contribution >= 0.6 is 0 Å². The van der Waals surface area contributed by atoms with Crippen molar-refractivity contribution in [1.82, 2.24) is 4.98 Å². The lowest BCUT2D eigenvalue weighted by Gasteiger charge is -1.70. The first-order chi connectivity index (χ1) is 2.89. The summed E-state index contributed by atoms with van der Waals surface area (Å²) in [4.78, 5) is 3.00. The predicted molar refractivity (Wildman–Crippen MR) is 36.9 cm³/mol. The molecule has 7 heavy (non-hydrogen) atoms. The Morgan fingerprint density at radius 1 is 1.57 bits per heavy atom. The number of rotatable bonds is 0. The summed E-state index contributed by atoms with van der Waals surface area (Å²) in [5.41, 5.74) is 1.22. The van der Waals surface area contributed by atoms with E-state index in [2.05, 4.69) is 4.98 Å². The molecule has 1 nitrogen and oxygen atoms in total. The van der Waals surface area contributed by atoms with Gasteiger partial charge >= 0.3 is 0 Å². The van der Waals surface area contributed by atoms with Crippen molar-refractivity contribution in [3.05, 3.63) is 24.0 Å². The predicted octanol–water partition coefficient (Wildman–Crippen LogP) is -0.128. The lowest BCUT2D eigenvalue weighted by molar-refractivity contribution is 1.27. The fraction of sp³-hybridized carbons (Fsp3) is 0.200. The van der Waals surface area contributed by atoms with Crippen molar-refractivity contribution in [3.63, 3.8) is 0 Å². The highest BCUT2D eigenvalue weighted by Gasteiger charge is 1.72. The molecular formula is C5H11NSi. The van der Waals surface area contributed by atoms with Gasteiger partial charge in [0.1, 0.15) is 0 Å². The van der Waals surface area contributed by atoms with Gasteiger partial charge in [-0.25, -0.2) is 0 Å². The highest BCUT2D eigenvalue weighted by Crippen LogP contribution is 1.86. The molecule has 0 amide bonds. The number of hydrogen-bond donors (Lipinski definition) is 1. The number of aryl methyl sites for hydroxylation is 1. The maximum Gasteiger partial charge on any atom is 0.0115 e. The second-order valence-electron chi connectivity index (χ2n) is 1.35. The third-order valence-electron chi connectivity index (χ3n) is 0.753. The van der Waals surface area contributed by atoms with Gasteiger partial charge in [0.15, 0.2) is 0 Å². The highest BCUT2D eigenvalue weighted by atomic mass is 28.1. The second-order valence-corrected chi connectivity index (χ2v) is 1.35. The molecule has 0 aromatic carbocycles. The minimum Gasteiger partial charge on any atom is -0.365 e. The van der Waals surface area contributed by atoms with Gasteiger partial charge in [-0.15, -0.1) is 0 Å². The zero-order chi connectivity index (χ0) is 4.41. The topological polar surface area (TPSA) is 15.8 Å². The van der Waals surface area contributed by atoms with Crippen molar-refractivity contribution in [1.29, 1.82) is 0 Å². The van der Waals surface area contributed by atoms with Crippen LogP contribution in [-0.2, 0) is 0 Å². The molecule has 1 aromatic rings. The molecule has 0 bridgehead atoms. The molecule has 1 rings (SSSR count). The molecule has 0 unspecified atom stereocenters. The summed E-state index contributed by atoms with van der Waals surface area (Å²) < 4.78 is 0. The number of aromatic nitrogens is 1. The van der Waals surface area contributed by atoms with E-state index in [0.717, 1.165) is 0 Å². The molecule has 0 aliphatic heterocycles. The summed E-state index contributed by atoms with van der Waals surface area (Å²) in [6, 6.07) is 4.01. The van der Waals surface area contributed by atoms with Gasteiger partial charge in [0.05, 0.1) is 0 Å². The van der Waals surface area contributed by atoms with Gasteiger partial charge in [-0.05, 0) is 30.0 Å². The summed E-state index contributed by atoms with van der Waals surface area (Å²) in [5, 5.41) is 0. The van der Waals surface area contributed by atoms with E-state index in [-0.39, 0.29) is 11.0 Å². The van der Waals surface area contributed by atoms with Crippen LogP contribution in [0.1, 0.15) is 5.69 Å². The van der Waals surface area contributed by atoms with Crippen LogP contribution in [0.25, 0.3) is 0 Å². The van der Waals surface area contributed by atoms with E-state index in [0.29, 0.717) is 0 Å². The van der Waals surface area contributed by atoms with Crippen molar-refractivity contribution in [2.75, 3.05) is 0 Å². The molecule has 1 aromatic heterocycles. The molecule has 0 saturated carbocycles. The van der Waals surface area contributed by atoms with E-state index in [1.807, 2.05) is 25.3 Å². The van der Waals surface area contributed by atoms with Crippen LogP contribution in [0, 0.1) is 6.92 Å². The molecule has 0 fully saturated rings. The molecule has 0 atom stereocenters. The first-order valence-electron chi connectivity index (χ1n) is 1.99. The minimum atomic E-state index is 0. The van der Waals surface area contributed by atoms with Crippen LogP contribution in [-0.4, -0.2) is 15.9 Å². The third-order valence-corrected chi connectivity index (χ3v) is 0.753. The normalized spacial score (nSPS) is 7.57. The standard InChI is InChI=1S/C5H7N.H4Si/c1-5-3-2-4-6-5;/h2-4,6H,1H3;1H4. The molecular weight excluding hydrogens is 102 g/mol. The Morgan fingerprint density at radius 3 is 2.43 bits per heavy atom. The van der Waals surface area contributed by atoms with E-state index in [1.165, 1.54) is 5.69 Å². The Morgan fingerprint density at radius 2 is 2.29 bits per heavy atom. The molecule has 1 N–H and O–H groups in total. The Kier molecular flexibility index (Phi) is 2.44. The van der Waals surface area contributed by atoms with Gasteiger partial charge in [0.2, 0.25) is 0 Å². The van der Waals surface area contributed by atoms with Crippen molar-refractivity contribution in [2.45, 2.75) is 6.92 Å². The first kappa shape index (κ1) is 6.50. The van der Waals surface area contributed by atoms with Gasteiger partial charge in [-0.2, -0.15) is 0 Å². The number of nitrogens with one attached hydrogen (secondary N) is 1. The average molecular weight is 113 g/mol. The smallest absolute Gasteiger partial charge is 0.0115 e. The van der Waals surface area contributed by atoms with Crippen molar-refractivity contribution >= 4 is 11.0 Å². The largest absolute Gasteiger partial charge is 0.365 e. The quantitative estimate of drug-likeness (QED) is 0.451. The number of hydrogen-bond acceptors (Lipinski definition) is 0. The van der Waals surface area contributed by atoms with Gasteiger partial charge in [0.25, 0.3) is 0 Å². The summed E-state index contributed by atoms with van der Waals surface area (Å²) >= 11 is 0. The lowest BCUT2D eigenvalue weighted by atomic mass is 10.5. The Labute approximate surface area is 47.8 Å². The van der Waals surface area contributed by atoms with Gasteiger partial charge < -0.3 is 4.98 Å². The molecule has 0 spiro atoms. The summed E-state index contributed by atoms with van der Waals surface area (Å²) in [6.45, 7) is 2.03. The van der Waals surface area contributed by atoms with Crippen LogP contribution in [0.3, 0.4) is 0 Å². The van der Waals surface area contributed by atoms with E-state index < -0.39 is 0 Å². The molecule has 0 radical (unpaired) electrons. The number of H-pyrrole nitrogens is 1. The average Bonchev–Trinajstić information content (AvgIpc) is 1.86. The molecule has 40 valence electrons. The molecule has 0 saturated heterocycles. The molecule has 0 aliphatic rings. The second kappa shape index (κ2) is 2.63. The summed E-state index contributed by atoms with van der Waals surface area (Å²) in [6.07, 6.45) is 1.91. The van der Waals surface area contributed by atoms with E-state index in [9.17, 15) is 0 Å². The van der Waals surface area contributed by atoms with Crippen molar-refractivity contribution < 1.29 is 0 Å². The summed E-state index contributed by atoms with van der Waals surface area (Å²) in [5.74, 6) is 0. The van der Waals surface area contributed by atoms with Gasteiger partial charge in [-0.1, -0.05) is 0 Å². The zero-order valence-corrected chi connectivity index (χ0v) is 3.73. The summed E-state index contributed by atoms with van der Waals surface area (Å²) in [7, 11) is 0. The maximum absolute atomic E-state index is 3.00.